The molecule has 4 nitrogen and oxygen atoms in total. The highest BCUT2D eigenvalue weighted by Gasteiger charge is 2.19. The highest BCUT2D eigenvalue weighted by molar-refractivity contribution is 6.30. The summed E-state index contributed by atoms with van der Waals surface area (Å²) in [5, 5.41) is 3.86. The first-order valence-corrected chi connectivity index (χ1v) is 6.25. The van der Waals surface area contributed by atoms with E-state index < -0.39 is 0 Å². The highest BCUT2D eigenvalue weighted by atomic mass is 35.5. The van der Waals surface area contributed by atoms with Crippen LogP contribution in [0.1, 0.15) is 17.2 Å². The van der Waals surface area contributed by atoms with Crippen molar-refractivity contribution < 1.29 is 4.74 Å². The molecule has 1 atom stereocenters. The molecule has 0 saturated carbocycles. The van der Waals surface area contributed by atoms with Crippen LogP contribution in [0.4, 0.5) is 5.69 Å². The van der Waals surface area contributed by atoms with Crippen molar-refractivity contribution in [1.82, 2.24) is 10.3 Å². The van der Waals surface area contributed by atoms with E-state index in [1.807, 2.05) is 19.2 Å². The number of nitrogen functional groups attached to an aromatic ring is 1. The fourth-order valence-corrected chi connectivity index (χ4v) is 2.22. The fourth-order valence-electron chi connectivity index (χ4n) is 2.06. The van der Waals surface area contributed by atoms with Crippen LogP contribution in [-0.4, -0.2) is 19.1 Å². The first kappa shape index (κ1) is 13.6. The molecule has 1 aromatic heterocycles. The number of nitrogens with one attached hydrogen (secondary N) is 1. The third-order valence-corrected chi connectivity index (χ3v) is 3.23. The minimum Gasteiger partial charge on any atom is -0.496 e. The van der Waals surface area contributed by atoms with E-state index in [4.69, 9.17) is 22.1 Å². The van der Waals surface area contributed by atoms with Crippen LogP contribution in [0.2, 0.25) is 5.02 Å². The number of hydrogen-bond donors (Lipinski definition) is 2. The predicted octanol–water partition coefficient (Wildman–Crippen LogP) is 2.63. The monoisotopic (exact) mass is 277 g/mol. The summed E-state index contributed by atoms with van der Waals surface area (Å²) < 4.78 is 5.38. The van der Waals surface area contributed by atoms with Gasteiger partial charge in [0.05, 0.1) is 13.2 Å². The molecule has 0 aliphatic carbocycles. The van der Waals surface area contributed by atoms with Gasteiger partial charge < -0.3 is 15.8 Å². The third-order valence-electron chi connectivity index (χ3n) is 2.99. The number of aromatic nitrogens is 1. The van der Waals surface area contributed by atoms with Crippen LogP contribution >= 0.6 is 11.6 Å². The summed E-state index contributed by atoms with van der Waals surface area (Å²) in [6.45, 7) is 0. The van der Waals surface area contributed by atoms with Crippen molar-refractivity contribution in [2.45, 2.75) is 6.04 Å². The molecular weight excluding hydrogens is 262 g/mol. The Labute approximate surface area is 117 Å². The predicted molar refractivity (Wildman–Crippen MR) is 77.6 cm³/mol. The van der Waals surface area contributed by atoms with Crippen molar-refractivity contribution in [3.63, 3.8) is 0 Å². The first-order chi connectivity index (χ1) is 9.17. The summed E-state index contributed by atoms with van der Waals surface area (Å²) in [5.41, 5.74) is 8.57. The van der Waals surface area contributed by atoms with Gasteiger partial charge in [-0.1, -0.05) is 17.7 Å². The Morgan fingerprint density at radius 2 is 2.11 bits per heavy atom. The van der Waals surface area contributed by atoms with Crippen LogP contribution in [-0.2, 0) is 0 Å². The van der Waals surface area contributed by atoms with Gasteiger partial charge in [0.15, 0.2) is 0 Å². The fraction of sp³-hybridized carbons (Fsp3) is 0.214. The van der Waals surface area contributed by atoms with Gasteiger partial charge in [-0.3, -0.25) is 4.98 Å². The number of methoxy groups -OCH3 is 1. The van der Waals surface area contributed by atoms with Crippen molar-refractivity contribution in [3.8, 4) is 5.75 Å². The second-order valence-corrected chi connectivity index (χ2v) is 4.55. The molecule has 1 unspecified atom stereocenters. The highest BCUT2D eigenvalue weighted by Crippen LogP contribution is 2.33. The van der Waals surface area contributed by atoms with Crippen molar-refractivity contribution in [1.29, 1.82) is 0 Å². The zero-order valence-electron chi connectivity index (χ0n) is 10.9. The molecule has 2 rings (SSSR count). The van der Waals surface area contributed by atoms with Crippen LogP contribution < -0.4 is 15.8 Å². The number of rotatable bonds is 4. The van der Waals surface area contributed by atoms with E-state index in [-0.39, 0.29) is 6.04 Å². The van der Waals surface area contributed by atoms with Crippen molar-refractivity contribution in [2.75, 3.05) is 19.9 Å². The second-order valence-electron chi connectivity index (χ2n) is 4.11. The summed E-state index contributed by atoms with van der Waals surface area (Å²) in [7, 11) is 3.49. The van der Waals surface area contributed by atoms with E-state index in [1.54, 1.807) is 31.6 Å². The molecule has 0 amide bonds. The number of nitrogens with two attached hydrogens (primary N) is 1. The number of benzene rings is 1. The molecule has 1 aromatic carbocycles. The second kappa shape index (κ2) is 5.91. The van der Waals surface area contributed by atoms with Crippen molar-refractivity contribution in [3.05, 3.63) is 52.8 Å². The maximum atomic E-state index is 6.01. The normalized spacial score (nSPS) is 12.2. The molecule has 0 aliphatic rings. The Balaban J connectivity index is 2.51. The topological polar surface area (TPSA) is 60.2 Å². The Hall–Kier alpha value is -1.78. The van der Waals surface area contributed by atoms with Gasteiger partial charge in [-0.15, -0.1) is 0 Å². The summed E-state index contributed by atoms with van der Waals surface area (Å²) >= 11 is 5.98. The van der Waals surface area contributed by atoms with Crippen LogP contribution in [0.15, 0.2) is 36.7 Å². The van der Waals surface area contributed by atoms with Gasteiger partial charge in [0.2, 0.25) is 0 Å². The van der Waals surface area contributed by atoms with E-state index in [2.05, 4.69) is 10.3 Å². The number of pyridine rings is 1. The van der Waals surface area contributed by atoms with Gasteiger partial charge in [-0.05, 0) is 25.2 Å². The van der Waals surface area contributed by atoms with E-state index in [1.165, 1.54) is 0 Å². The zero-order chi connectivity index (χ0) is 13.8. The molecule has 0 bridgehead atoms. The van der Waals surface area contributed by atoms with Crippen molar-refractivity contribution in [2.24, 2.45) is 0 Å². The Morgan fingerprint density at radius 1 is 1.32 bits per heavy atom. The molecule has 3 N–H and O–H groups in total. The van der Waals surface area contributed by atoms with Gasteiger partial charge in [0, 0.05) is 34.2 Å². The molecule has 0 spiro atoms. The summed E-state index contributed by atoms with van der Waals surface area (Å²) in [4.78, 5) is 4.13. The standard InChI is InChI=1S/C14H16ClN3O/c1-17-14(11-8-18-6-5-12(11)16)10-4-3-9(15)7-13(10)19-2/h3-8,14,17H,1-2H3,(H2,16,18). The lowest BCUT2D eigenvalue weighted by atomic mass is 9.98. The largest absolute Gasteiger partial charge is 0.496 e. The van der Waals surface area contributed by atoms with Gasteiger partial charge >= 0.3 is 0 Å². The maximum Gasteiger partial charge on any atom is 0.125 e. The Kier molecular flexibility index (Phi) is 4.24. The molecule has 100 valence electrons. The van der Waals surface area contributed by atoms with Gasteiger partial charge in [0.1, 0.15) is 5.75 Å². The number of halogens is 1. The Bertz CT molecular complexity index is 574. The Morgan fingerprint density at radius 3 is 2.74 bits per heavy atom. The molecule has 0 radical (unpaired) electrons. The summed E-state index contributed by atoms with van der Waals surface area (Å²) in [5.74, 6) is 0.718. The maximum absolute atomic E-state index is 6.01. The lowest BCUT2D eigenvalue weighted by Gasteiger charge is -2.21. The quantitative estimate of drug-likeness (QED) is 0.902. The first-order valence-electron chi connectivity index (χ1n) is 5.87. The minimum atomic E-state index is -0.0964. The van der Waals surface area contributed by atoms with Crippen LogP contribution in [0.3, 0.4) is 0 Å². The zero-order valence-corrected chi connectivity index (χ0v) is 11.6. The smallest absolute Gasteiger partial charge is 0.125 e. The average Bonchev–Trinajstić information content (AvgIpc) is 2.43. The molecule has 2 aromatic rings. The average molecular weight is 278 g/mol. The van der Waals surface area contributed by atoms with Gasteiger partial charge in [0.25, 0.3) is 0 Å². The van der Waals surface area contributed by atoms with E-state index in [0.29, 0.717) is 10.7 Å². The number of anilines is 1. The number of ether oxygens (including phenoxy) is 1. The SMILES string of the molecule is CNC(c1cnccc1N)c1ccc(Cl)cc1OC. The molecule has 1 heterocycles. The lowest BCUT2D eigenvalue weighted by Crippen LogP contribution is -2.20. The van der Waals surface area contributed by atoms with Crippen LogP contribution in [0.25, 0.3) is 0 Å². The third kappa shape index (κ3) is 2.80. The van der Waals surface area contributed by atoms with Crippen LogP contribution in [0.5, 0.6) is 5.75 Å². The van der Waals surface area contributed by atoms with Gasteiger partial charge in [-0.25, -0.2) is 0 Å². The van der Waals surface area contributed by atoms with Crippen molar-refractivity contribution >= 4 is 17.3 Å². The lowest BCUT2D eigenvalue weighted by molar-refractivity contribution is 0.405. The summed E-state index contributed by atoms with van der Waals surface area (Å²) in [6.07, 6.45) is 3.43. The molecule has 5 heteroatoms. The minimum absolute atomic E-state index is 0.0964. The molecule has 19 heavy (non-hydrogen) atoms. The van der Waals surface area contributed by atoms with Crippen LogP contribution in [0, 0.1) is 0 Å². The molecule has 0 saturated heterocycles. The number of hydrogen-bond acceptors (Lipinski definition) is 4. The number of nitrogens with zero attached hydrogens (tertiary/aromatic N) is 1. The van der Waals surface area contributed by atoms with E-state index in [9.17, 15) is 0 Å². The van der Waals surface area contributed by atoms with E-state index >= 15 is 0 Å². The van der Waals surface area contributed by atoms with E-state index in [0.717, 1.165) is 16.9 Å². The molecule has 0 fully saturated rings. The molecule has 0 aliphatic heterocycles. The molecular formula is C14H16ClN3O. The van der Waals surface area contributed by atoms with Gasteiger partial charge in [-0.2, -0.15) is 0 Å². The summed E-state index contributed by atoms with van der Waals surface area (Å²) in [6, 6.07) is 7.22.